The van der Waals surface area contributed by atoms with Crippen LogP contribution in [-0.4, -0.2) is 38.3 Å². The molecule has 13 heteroatoms. The van der Waals surface area contributed by atoms with Gasteiger partial charge in [0, 0.05) is 35.1 Å². The summed E-state index contributed by atoms with van der Waals surface area (Å²) in [5.74, 6) is -0.813. The molecule has 0 saturated carbocycles. The van der Waals surface area contributed by atoms with Crippen LogP contribution in [0.3, 0.4) is 0 Å². The molecular weight excluding hydrogens is 456 g/mol. The zero-order valence-corrected chi connectivity index (χ0v) is 17.8. The van der Waals surface area contributed by atoms with E-state index in [-0.39, 0.29) is 22.5 Å². The number of hydrogen-bond acceptors (Lipinski definition) is 8. The number of thioether (sulfide) groups is 1. The maximum Gasteiger partial charge on any atom is 0.387 e. The first-order valence-corrected chi connectivity index (χ1v) is 10.7. The zero-order chi connectivity index (χ0) is 23.1. The molecule has 3 aromatic rings. The van der Waals surface area contributed by atoms with Crippen molar-refractivity contribution >= 4 is 34.9 Å². The van der Waals surface area contributed by atoms with Crippen LogP contribution < -0.4 is 26.2 Å². The third kappa shape index (κ3) is 3.96. The fourth-order valence-electron chi connectivity index (χ4n) is 3.58. The van der Waals surface area contributed by atoms with Gasteiger partial charge in [0.1, 0.15) is 11.3 Å². The Morgan fingerprint density at radius 1 is 1.36 bits per heavy atom. The first kappa shape index (κ1) is 21.2. The number of rotatable bonds is 5. The second kappa shape index (κ2) is 8.33. The number of anilines is 1. The quantitative estimate of drug-likeness (QED) is 0.445. The molecule has 5 rings (SSSR count). The molecule has 2 aromatic heterocycles. The van der Waals surface area contributed by atoms with Gasteiger partial charge in [0.25, 0.3) is 5.91 Å². The summed E-state index contributed by atoms with van der Waals surface area (Å²) in [7, 11) is 0. The van der Waals surface area contributed by atoms with Crippen molar-refractivity contribution in [2.24, 2.45) is 0 Å². The first-order chi connectivity index (χ1) is 15.9. The third-order valence-corrected chi connectivity index (χ3v) is 6.28. The van der Waals surface area contributed by atoms with E-state index in [1.165, 1.54) is 34.7 Å². The van der Waals surface area contributed by atoms with Crippen LogP contribution in [0.5, 0.6) is 5.75 Å². The summed E-state index contributed by atoms with van der Waals surface area (Å²) in [6.45, 7) is -1.33. The molecule has 33 heavy (non-hydrogen) atoms. The van der Waals surface area contributed by atoms with Gasteiger partial charge in [-0.25, -0.2) is 14.9 Å². The average Bonchev–Trinajstić information content (AvgIpc) is 3.41. The van der Waals surface area contributed by atoms with Crippen molar-refractivity contribution in [3.63, 3.8) is 0 Å². The Labute approximate surface area is 189 Å². The van der Waals surface area contributed by atoms with E-state index >= 15 is 0 Å². The van der Waals surface area contributed by atoms with E-state index in [1.807, 2.05) is 0 Å². The molecule has 2 amide bonds. The predicted molar refractivity (Wildman–Crippen MR) is 115 cm³/mol. The van der Waals surface area contributed by atoms with Crippen LogP contribution in [0.4, 0.5) is 14.5 Å². The number of carbonyl (C=O) groups is 2. The van der Waals surface area contributed by atoms with E-state index in [9.17, 15) is 18.4 Å². The standard InChI is InChI=1S/C20H17F2N7O3S/c1-9-18(30)26-12-6-14(32-20(21)22)10(5-15(12)33-9)16-13(8-24-28-16)27-19(31)11-7-25-29-4-2-3-23-17(11)29/h2-9,16,20,24,28H,1H3,(H,26,30)(H,27,31). The van der Waals surface area contributed by atoms with Gasteiger partial charge < -0.3 is 20.8 Å². The second-order valence-corrected chi connectivity index (χ2v) is 8.62. The van der Waals surface area contributed by atoms with Gasteiger partial charge in [-0.1, -0.05) is 0 Å². The van der Waals surface area contributed by atoms with Crippen LogP contribution >= 0.6 is 11.8 Å². The van der Waals surface area contributed by atoms with Crippen LogP contribution in [0.1, 0.15) is 28.9 Å². The van der Waals surface area contributed by atoms with Crippen LogP contribution in [0.25, 0.3) is 5.65 Å². The molecule has 1 aromatic carbocycles. The van der Waals surface area contributed by atoms with E-state index in [1.54, 1.807) is 31.5 Å². The molecule has 0 fully saturated rings. The summed E-state index contributed by atoms with van der Waals surface area (Å²) in [4.78, 5) is 29.8. The van der Waals surface area contributed by atoms with Gasteiger partial charge in [0.05, 0.1) is 28.9 Å². The third-order valence-electron chi connectivity index (χ3n) is 5.12. The van der Waals surface area contributed by atoms with Gasteiger partial charge in [-0.05, 0) is 19.1 Å². The SMILES string of the molecule is CC1Sc2cc(C3NNC=C3NC(=O)c3cnn4cccnc34)c(OC(F)F)cc2NC1=O. The molecule has 2 aliphatic rings. The van der Waals surface area contributed by atoms with E-state index in [0.717, 1.165) is 0 Å². The van der Waals surface area contributed by atoms with Gasteiger partial charge >= 0.3 is 6.61 Å². The summed E-state index contributed by atoms with van der Waals surface area (Å²) in [5, 5.41) is 9.24. The minimum absolute atomic E-state index is 0.127. The lowest BCUT2D eigenvalue weighted by atomic mass is 10.0. The number of aromatic nitrogens is 3. The number of fused-ring (bicyclic) bond motifs is 2. The van der Waals surface area contributed by atoms with E-state index < -0.39 is 18.6 Å². The Morgan fingerprint density at radius 3 is 3.03 bits per heavy atom. The number of hydrazine groups is 1. The molecular formula is C20H17F2N7O3S. The van der Waals surface area contributed by atoms with Crippen molar-refractivity contribution in [3.05, 3.63) is 59.8 Å². The fraction of sp³-hybridized carbons (Fsp3) is 0.200. The molecule has 4 heterocycles. The number of nitrogens with one attached hydrogen (secondary N) is 4. The van der Waals surface area contributed by atoms with Crippen molar-refractivity contribution in [1.82, 2.24) is 30.8 Å². The first-order valence-electron chi connectivity index (χ1n) is 9.82. The number of amides is 2. The highest BCUT2D eigenvalue weighted by atomic mass is 32.2. The zero-order valence-electron chi connectivity index (χ0n) is 17.0. The lowest BCUT2D eigenvalue weighted by molar-refractivity contribution is -0.115. The Morgan fingerprint density at radius 2 is 2.21 bits per heavy atom. The largest absolute Gasteiger partial charge is 0.434 e. The lowest BCUT2D eigenvalue weighted by Crippen LogP contribution is -2.31. The number of ether oxygens (including phenoxy) is 1. The molecule has 10 nitrogen and oxygen atoms in total. The summed E-state index contributed by atoms with van der Waals surface area (Å²) in [6.07, 6.45) is 6.13. The van der Waals surface area contributed by atoms with Crippen LogP contribution in [0.15, 0.2) is 53.6 Å². The Balaban J connectivity index is 1.47. The fourth-order valence-corrected chi connectivity index (χ4v) is 4.55. The van der Waals surface area contributed by atoms with Crippen molar-refractivity contribution in [1.29, 1.82) is 0 Å². The van der Waals surface area contributed by atoms with Crippen molar-refractivity contribution in [3.8, 4) is 5.75 Å². The van der Waals surface area contributed by atoms with Crippen LogP contribution in [-0.2, 0) is 4.79 Å². The Bertz CT molecular complexity index is 1300. The van der Waals surface area contributed by atoms with E-state index in [0.29, 0.717) is 27.5 Å². The number of nitrogens with zero attached hydrogens (tertiary/aromatic N) is 3. The molecule has 0 bridgehead atoms. The normalized spacial score (nSPS) is 19.6. The molecule has 0 spiro atoms. The van der Waals surface area contributed by atoms with Crippen LogP contribution in [0.2, 0.25) is 0 Å². The Hall–Kier alpha value is -3.71. The molecule has 2 unspecified atom stereocenters. The van der Waals surface area contributed by atoms with Crippen molar-refractivity contribution in [2.45, 2.75) is 29.7 Å². The maximum atomic E-state index is 13.1. The van der Waals surface area contributed by atoms with E-state index in [2.05, 4.69) is 31.6 Å². The van der Waals surface area contributed by atoms with Crippen molar-refractivity contribution in [2.75, 3.05) is 5.32 Å². The number of halogens is 2. The number of hydrogen-bond donors (Lipinski definition) is 4. The monoisotopic (exact) mass is 473 g/mol. The highest BCUT2D eigenvalue weighted by Crippen LogP contribution is 2.43. The Kier molecular flexibility index (Phi) is 5.34. The second-order valence-electron chi connectivity index (χ2n) is 7.24. The smallest absolute Gasteiger partial charge is 0.387 e. The van der Waals surface area contributed by atoms with E-state index in [4.69, 9.17) is 4.74 Å². The number of benzene rings is 1. The highest BCUT2D eigenvalue weighted by Gasteiger charge is 2.31. The summed E-state index contributed by atoms with van der Waals surface area (Å²) >= 11 is 1.31. The minimum atomic E-state index is -3.08. The molecule has 170 valence electrons. The van der Waals surface area contributed by atoms with Gasteiger partial charge in [-0.15, -0.1) is 11.8 Å². The van der Waals surface area contributed by atoms with Gasteiger partial charge in [0.2, 0.25) is 5.91 Å². The summed E-state index contributed by atoms with van der Waals surface area (Å²) in [5.41, 5.74) is 7.50. The number of alkyl halides is 2. The van der Waals surface area contributed by atoms with Gasteiger partial charge in [-0.3, -0.25) is 9.59 Å². The minimum Gasteiger partial charge on any atom is -0.434 e. The maximum absolute atomic E-state index is 13.1. The molecule has 0 aliphatic carbocycles. The average molecular weight is 473 g/mol. The molecule has 2 aliphatic heterocycles. The predicted octanol–water partition coefficient (Wildman–Crippen LogP) is 2.18. The van der Waals surface area contributed by atoms with Gasteiger partial charge in [0.15, 0.2) is 5.65 Å². The van der Waals surface area contributed by atoms with Crippen molar-refractivity contribution < 1.29 is 23.1 Å². The molecule has 0 saturated heterocycles. The van der Waals surface area contributed by atoms with Crippen LogP contribution in [0, 0.1) is 0 Å². The highest BCUT2D eigenvalue weighted by molar-refractivity contribution is 8.01. The molecule has 2 atom stereocenters. The molecule has 4 N–H and O–H groups in total. The molecule has 0 radical (unpaired) electrons. The lowest BCUT2D eigenvalue weighted by Gasteiger charge is -2.26. The summed E-state index contributed by atoms with van der Waals surface area (Å²) < 4.78 is 32.5. The number of carbonyl (C=O) groups excluding carboxylic acids is 2. The van der Waals surface area contributed by atoms with Gasteiger partial charge in [-0.2, -0.15) is 13.9 Å². The summed E-state index contributed by atoms with van der Waals surface area (Å²) in [6, 6.07) is 4.00. The topological polar surface area (TPSA) is 122 Å².